The van der Waals surface area contributed by atoms with Crippen molar-refractivity contribution in [3.8, 4) is 17.2 Å². The molecule has 0 saturated heterocycles. The van der Waals surface area contributed by atoms with Crippen molar-refractivity contribution in [2.24, 2.45) is 5.10 Å². The second-order valence-electron chi connectivity index (χ2n) is 9.46. The van der Waals surface area contributed by atoms with Gasteiger partial charge in [-0.1, -0.05) is 59.6 Å². The Kier molecular flexibility index (Phi) is 9.54. The summed E-state index contributed by atoms with van der Waals surface area (Å²) < 4.78 is 17.0. The van der Waals surface area contributed by atoms with E-state index in [-0.39, 0.29) is 22.6 Å². The lowest BCUT2D eigenvalue weighted by atomic mass is 10.1. The number of hydrogen-bond acceptors (Lipinski definition) is 7. The lowest BCUT2D eigenvalue weighted by Gasteiger charge is -2.15. The van der Waals surface area contributed by atoms with Crippen molar-refractivity contribution in [3.05, 3.63) is 136 Å². The van der Waals surface area contributed by atoms with Crippen molar-refractivity contribution < 1.29 is 28.6 Å². The molecule has 1 amide bonds. The molecule has 0 aliphatic rings. The molecular formula is C34H24Cl2N2O6. The van der Waals surface area contributed by atoms with Crippen molar-refractivity contribution >= 4 is 58.0 Å². The molecule has 0 unspecified atom stereocenters. The van der Waals surface area contributed by atoms with Crippen molar-refractivity contribution in [2.45, 2.75) is 13.0 Å². The van der Waals surface area contributed by atoms with Crippen LogP contribution in [0.25, 0.3) is 10.8 Å². The molecule has 1 atom stereocenters. The summed E-state index contributed by atoms with van der Waals surface area (Å²) in [5.74, 6) is -1.10. The zero-order chi connectivity index (χ0) is 31.1. The fourth-order valence-corrected chi connectivity index (χ4v) is 4.32. The van der Waals surface area contributed by atoms with Gasteiger partial charge in [0.15, 0.2) is 6.10 Å². The summed E-state index contributed by atoms with van der Waals surface area (Å²) in [5, 5.41) is 6.83. The third kappa shape index (κ3) is 7.60. The maximum absolute atomic E-state index is 12.9. The average molecular weight is 627 g/mol. The van der Waals surface area contributed by atoms with Gasteiger partial charge in [0.1, 0.15) is 17.2 Å². The van der Waals surface area contributed by atoms with Crippen molar-refractivity contribution in [3.63, 3.8) is 0 Å². The highest BCUT2D eigenvalue weighted by molar-refractivity contribution is 6.31. The molecule has 0 aromatic heterocycles. The normalized spacial score (nSPS) is 11.6. The number of fused-ring (bicyclic) bond motifs is 1. The van der Waals surface area contributed by atoms with Crippen LogP contribution < -0.4 is 19.6 Å². The van der Waals surface area contributed by atoms with Crippen LogP contribution in [0.15, 0.2) is 114 Å². The summed E-state index contributed by atoms with van der Waals surface area (Å²) in [6, 6.07) is 30.0. The number of ether oxygens (including phenoxy) is 3. The van der Waals surface area contributed by atoms with Gasteiger partial charge in [0.2, 0.25) is 0 Å². The first-order chi connectivity index (χ1) is 21.3. The monoisotopic (exact) mass is 626 g/mol. The van der Waals surface area contributed by atoms with E-state index in [9.17, 15) is 14.4 Å². The molecule has 1 N–H and O–H groups in total. The largest absolute Gasteiger partial charge is 0.480 e. The molecule has 5 aromatic rings. The number of nitrogens with zero attached hydrogens (tertiary/aromatic N) is 1. The minimum Gasteiger partial charge on any atom is -0.480 e. The molecule has 10 heteroatoms. The number of halogens is 2. The minimum absolute atomic E-state index is 0.0319. The number of carbonyl (C=O) groups excluding carboxylic acids is 3. The van der Waals surface area contributed by atoms with Crippen LogP contribution in [0.5, 0.6) is 17.2 Å². The van der Waals surface area contributed by atoms with E-state index in [0.29, 0.717) is 21.4 Å². The second kappa shape index (κ2) is 13.9. The van der Waals surface area contributed by atoms with Crippen LogP contribution in [-0.2, 0) is 4.79 Å². The highest BCUT2D eigenvalue weighted by Crippen LogP contribution is 2.27. The predicted octanol–water partition coefficient (Wildman–Crippen LogP) is 7.50. The SMILES string of the molecule is C[C@H](Oc1cccc2ccccc12)C(=O)N/N=C\c1ccc(OC(=O)c2ccc(Cl)cc2)cc1OC(=O)c1ccc(Cl)cc1. The van der Waals surface area contributed by atoms with Crippen LogP contribution >= 0.6 is 23.2 Å². The van der Waals surface area contributed by atoms with Crippen molar-refractivity contribution in [2.75, 3.05) is 0 Å². The summed E-state index contributed by atoms with van der Waals surface area (Å²) in [5.41, 5.74) is 3.29. The van der Waals surface area contributed by atoms with Gasteiger partial charge in [-0.25, -0.2) is 15.0 Å². The van der Waals surface area contributed by atoms with Gasteiger partial charge in [-0.3, -0.25) is 4.79 Å². The first-order valence-corrected chi connectivity index (χ1v) is 14.1. The van der Waals surface area contributed by atoms with E-state index in [0.717, 1.165) is 10.8 Å². The lowest BCUT2D eigenvalue weighted by Crippen LogP contribution is -2.33. The van der Waals surface area contributed by atoms with Gasteiger partial charge in [-0.2, -0.15) is 5.10 Å². The summed E-state index contributed by atoms with van der Waals surface area (Å²) >= 11 is 11.8. The molecule has 0 aliphatic carbocycles. The smallest absolute Gasteiger partial charge is 0.343 e. The van der Waals surface area contributed by atoms with Crippen LogP contribution in [0.3, 0.4) is 0 Å². The lowest BCUT2D eigenvalue weighted by molar-refractivity contribution is -0.127. The molecule has 220 valence electrons. The predicted molar refractivity (Wildman–Crippen MR) is 169 cm³/mol. The molecule has 44 heavy (non-hydrogen) atoms. The first-order valence-electron chi connectivity index (χ1n) is 13.3. The van der Waals surface area contributed by atoms with Gasteiger partial charge in [0, 0.05) is 27.1 Å². The number of amides is 1. The number of nitrogens with one attached hydrogen (secondary N) is 1. The second-order valence-corrected chi connectivity index (χ2v) is 10.3. The van der Waals surface area contributed by atoms with Gasteiger partial charge < -0.3 is 14.2 Å². The van der Waals surface area contributed by atoms with Gasteiger partial charge >= 0.3 is 11.9 Å². The van der Waals surface area contributed by atoms with E-state index in [4.69, 9.17) is 37.4 Å². The van der Waals surface area contributed by atoms with Gasteiger partial charge in [-0.05, 0) is 79.0 Å². The molecule has 0 radical (unpaired) electrons. The van der Waals surface area contributed by atoms with E-state index in [2.05, 4.69) is 10.5 Å². The Bertz CT molecular complexity index is 1850. The van der Waals surface area contributed by atoms with Crippen molar-refractivity contribution in [1.29, 1.82) is 0 Å². The maximum Gasteiger partial charge on any atom is 0.343 e. The number of carbonyl (C=O) groups is 3. The Morgan fingerprint density at radius 1 is 0.727 bits per heavy atom. The Morgan fingerprint density at radius 3 is 2.02 bits per heavy atom. The molecule has 0 aliphatic heterocycles. The highest BCUT2D eigenvalue weighted by Gasteiger charge is 2.17. The van der Waals surface area contributed by atoms with Crippen molar-refractivity contribution in [1.82, 2.24) is 5.43 Å². The van der Waals surface area contributed by atoms with E-state index >= 15 is 0 Å². The third-order valence-corrected chi connectivity index (χ3v) is 6.86. The summed E-state index contributed by atoms with van der Waals surface area (Å²) in [4.78, 5) is 38.3. The van der Waals surface area contributed by atoms with Crippen LogP contribution in [0, 0.1) is 0 Å². The molecule has 0 fully saturated rings. The van der Waals surface area contributed by atoms with Gasteiger partial charge in [0.25, 0.3) is 5.91 Å². The number of rotatable bonds is 9. The Morgan fingerprint density at radius 2 is 1.34 bits per heavy atom. The molecule has 5 rings (SSSR count). The fraction of sp³-hybridized carbons (Fsp3) is 0.0588. The molecule has 0 saturated carbocycles. The zero-order valence-corrected chi connectivity index (χ0v) is 24.7. The Balaban J connectivity index is 1.32. The summed E-state index contributed by atoms with van der Waals surface area (Å²) in [6.45, 7) is 1.61. The molecule has 5 aromatic carbocycles. The average Bonchev–Trinajstić information content (AvgIpc) is 3.02. The van der Waals surface area contributed by atoms with Gasteiger partial charge in [0.05, 0.1) is 17.3 Å². The molecule has 8 nitrogen and oxygen atoms in total. The number of benzene rings is 5. The number of hydrazone groups is 1. The standard InChI is InChI=1S/C34H24Cl2N2O6/c1-21(42-30-8-4-6-22-5-2-3-7-29(22)30)32(39)38-37-20-25-13-18-28(43-33(40)23-9-14-26(35)15-10-23)19-31(25)44-34(41)24-11-16-27(36)17-12-24/h2-21H,1H3,(H,38,39)/b37-20-/t21-/m0/s1. The van der Waals surface area contributed by atoms with E-state index in [1.807, 2.05) is 36.4 Å². The van der Waals surface area contributed by atoms with Crippen LogP contribution in [0.1, 0.15) is 33.2 Å². The highest BCUT2D eigenvalue weighted by atomic mass is 35.5. The maximum atomic E-state index is 12.9. The van der Waals surface area contributed by atoms with Crippen LogP contribution in [-0.4, -0.2) is 30.2 Å². The molecule has 0 bridgehead atoms. The minimum atomic E-state index is -0.866. The third-order valence-electron chi connectivity index (χ3n) is 6.36. The summed E-state index contributed by atoms with van der Waals surface area (Å²) in [6.07, 6.45) is 0.437. The van der Waals surface area contributed by atoms with E-state index in [1.165, 1.54) is 48.7 Å². The van der Waals surface area contributed by atoms with E-state index in [1.54, 1.807) is 37.3 Å². The van der Waals surface area contributed by atoms with Crippen LogP contribution in [0.4, 0.5) is 0 Å². The molecule has 0 heterocycles. The van der Waals surface area contributed by atoms with Gasteiger partial charge in [-0.15, -0.1) is 0 Å². The Labute approximate surface area is 262 Å². The first kappa shape index (κ1) is 30.3. The number of hydrogen-bond donors (Lipinski definition) is 1. The van der Waals surface area contributed by atoms with E-state index < -0.39 is 23.9 Å². The molecular weight excluding hydrogens is 603 g/mol. The molecule has 0 spiro atoms. The van der Waals surface area contributed by atoms with Crippen LogP contribution in [0.2, 0.25) is 10.0 Å². The summed E-state index contributed by atoms with van der Waals surface area (Å²) in [7, 11) is 0. The zero-order valence-electron chi connectivity index (χ0n) is 23.2. The quantitative estimate of drug-likeness (QED) is 0.0786. The number of esters is 2. The topological polar surface area (TPSA) is 103 Å². The fourth-order valence-electron chi connectivity index (χ4n) is 4.07. The Hall–Kier alpha value is -5.18.